The lowest BCUT2D eigenvalue weighted by Gasteiger charge is -2.06. The Kier molecular flexibility index (Phi) is 5.24. The molecule has 0 aliphatic carbocycles. The van der Waals surface area contributed by atoms with Crippen LogP contribution in [0.25, 0.3) is 11.0 Å². The summed E-state index contributed by atoms with van der Waals surface area (Å²) < 4.78 is 6.64. The second-order valence-corrected chi connectivity index (χ2v) is 4.80. The highest BCUT2D eigenvalue weighted by Crippen LogP contribution is 2.16. The summed E-state index contributed by atoms with van der Waals surface area (Å²) in [5.41, 5.74) is 2.21. The third-order valence-corrected chi connectivity index (χ3v) is 3.20. The van der Waals surface area contributed by atoms with Crippen molar-refractivity contribution < 1.29 is 9.53 Å². The number of pyridine rings is 1. The number of carbonyl (C=O) groups excluding carboxylic acids is 1. The van der Waals surface area contributed by atoms with Gasteiger partial charge in [0.05, 0.1) is 17.9 Å². The quantitative estimate of drug-likeness (QED) is 0.714. The third-order valence-electron chi connectivity index (χ3n) is 3.20. The van der Waals surface area contributed by atoms with E-state index in [0.29, 0.717) is 25.3 Å². The Labute approximate surface area is 123 Å². The number of aromatic nitrogens is 3. The molecular formula is C14H21N5O2. The molecular weight excluding hydrogens is 270 g/mol. The molecule has 0 radical (unpaired) electrons. The zero-order valence-corrected chi connectivity index (χ0v) is 12.6. The molecule has 2 aromatic rings. The van der Waals surface area contributed by atoms with Crippen LogP contribution in [0.15, 0.2) is 12.3 Å². The number of nitrogens with zero attached hydrogens (tertiary/aromatic N) is 3. The van der Waals surface area contributed by atoms with Crippen molar-refractivity contribution in [2.45, 2.75) is 6.92 Å². The van der Waals surface area contributed by atoms with E-state index < -0.39 is 0 Å². The highest BCUT2D eigenvalue weighted by Gasteiger charge is 2.11. The molecule has 2 rings (SSSR count). The van der Waals surface area contributed by atoms with Gasteiger partial charge >= 0.3 is 0 Å². The first kappa shape index (κ1) is 15.4. The van der Waals surface area contributed by atoms with Crippen molar-refractivity contribution in [3.05, 3.63) is 23.5 Å². The van der Waals surface area contributed by atoms with Crippen LogP contribution in [0.5, 0.6) is 0 Å². The van der Waals surface area contributed by atoms with Crippen LogP contribution in [0, 0.1) is 6.92 Å². The van der Waals surface area contributed by atoms with E-state index in [1.165, 1.54) is 0 Å². The van der Waals surface area contributed by atoms with Crippen LogP contribution >= 0.6 is 0 Å². The number of hydrogen-bond acceptors (Lipinski definition) is 5. The van der Waals surface area contributed by atoms with Gasteiger partial charge in [-0.1, -0.05) is 0 Å². The summed E-state index contributed by atoms with van der Waals surface area (Å²) in [5.74, 6) is -0.124. The lowest BCUT2D eigenvalue weighted by molar-refractivity contribution is 0.0953. The van der Waals surface area contributed by atoms with Crippen LogP contribution in [0.1, 0.15) is 16.1 Å². The number of ether oxygens (including phenoxy) is 1. The van der Waals surface area contributed by atoms with E-state index in [1.807, 2.05) is 20.0 Å². The predicted molar refractivity (Wildman–Crippen MR) is 80.3 cm³/mol. The van der Waals surface area contributed by atoms with Crippen molar-refractivity contribution in [2.75, 3.05) is 33.4 Å². The van der Waals surface area contributed by atoms with Gasteiger partial charge < -0.3 is 15.4 Å². The Morgan fingerprint density at radius 3 is 2.95 bits per heavy atom. The molecule has 0 unspecified atom stereocenters. The largest absolute Gasteiger partial charge is 0.383 e. The summed E-state index contributed by atoms with van der Waals surface area (Å²) in [6.45, 7) is 4.61. The standard InChI is InChI=1S/C14H21N5O2/c1-10-12-8-11(9-17-13(12)19(2)18-10)14(20)16-5-4-15-6-7-21-3/h8-9,15H,4-7H2,1-3H3,(H,16,20). The van der Waals surface area contributed by atoms with Gasteiger partial charge in [-0.2, -0.15) is 5.10 Å². The van der Waals surface area contributed by atoms with Crippen LogP contribution in [0.3, 0.4) is 0 Å². The second-order valence-electron chi connectivity index (χ2n) is 4.80. The topological polar surface area (TPSA) is 81.1 Å². The molecule has 0 aromatic carbocycles. The van der Waals surface area contributed by atoms with Gasteiger partial charge in [0.15, 0.2) is 5.65 Å². The van der Waals surface area contributed by atoms with E-state index in [9.17, 15) is 4.79 Å². The minimum Gasteiger partial charge on any atom is -0.383 e. The Hall–Kier alpha value is -1.99. The summed E-state index contributed by atoms with van der Waals surface area (Å²) in [6.07, 6.45) is 1.58. The van der Waals surface area contributed by atoms with Crippen LogP contribution in [-0.2, 0) is 11.8 Å². The third kappa shape index (κ3) is 3.77. The molecule has 0 aliphatic heterocycles. The molecule has 1 amide bonds. The van der Waals surface area contributed by atoms with Crippen molar-refractivity contribution in [1.82, 2.24) is 25.4 Å². The average Bonchev–Trinajstić information content (AvgIpc) is 2.77. The highest BCUT2D eigenvalue weighted by atomic mass is 16.5. The zero-order chi connectivity index (χ0) is 15.2. The van der Waals surface area contributed by atoms with E-state index in [0.717, 1.165) is 23.3 Å². The Morgan fingerprint density at radius 1 is 1.38 bits per heavy atom. The molecule has 7 nitrogen and oxygen atoms in total. The molecule has 0 saturated carbocycles. The molecule has 7 heteroatoms. The molecule has 2 heterocycles. The van der Waals surface area contributed by atoms with Crippen molar-refractivity contribution in [2.24, 2.45) is 7.05 Å². The summed E-state index contributed by atoms with van der Waals surface area (Å²) in [5, 5.41) is 11.2. The van der Waals surface area contributed by atoms with Gasteiger partial charge in [0.2, 0.25) is 0 Å². The SMILES string of the molecule is COCCNCCNC(=O)c1cnc2c(c1)c(C)nn2C. The van der Waals surface area contributed by atoms with Gasteiger partial charge in [0, 0.05) is 45.4 Å². The van der Waals surface area contributed by atoms with Gasteiger partial charge in [0.1, 0.15) is 0 Å². The molecule has 114 valence electrons. The molecule has 2 N–H and O–H groups in total. The predicted octanol–water partition coefficient (Wildman–Crippen LogP) is 0.243. The van der Waals surface area contributed by atoms with Crippen LogP contribution < -0.4 is 10.6 Å². The normalized spacial score (nSPS) is 11.0. The maximum Gasteiger partial charge on any atom is 0.252 e. The molecule has 0 saturated heterocycles. The number of hydrogen-bond donors (Lipinski definition) is 2. The molecule has 0 spiro atoms. The van der Waals surface area contributed by atoms with E-state index in [4.69, 9.17) is 4.74 Å². The Bertz CT molecular complexity index is 623. The monoisotopic (exact) mass is 291 g/mol. The fourth-order valence-corrected chi connectivity index (χ4v) is 2.10. The van der Waals surface area contributed by atoms with E-state index >= 15 is 0 Å². The minimum atomic E-state index is -0.124. The van der Waals surface area contributed by atoms with Crippen molar-refractivity contribution in [1.29, 1.82) is 0 Å². The number of rotatable bonds is 7. The lowest BCUT2D eigenvalue weighted by Crippen LogP contribution is -2.33. The smallest absolute Gasteiger partial charge is 0.252 e. The van der Waals surface area contributed by atoms with Gasteiger partial charge in [-0.15, -0.1) is 0 Å². The number of methoxy groups -OCH3 is 1. The molecule has 0 atom stereocenters. The fraction of sp³-hybridized carbons (Fsp3) is 0.500. The minimum absolute atomic E-state index is 0.124. The van der Waals surface area contributed by atoms with E-state index in [1.54, 1.807) is 18.0 Å². The second kappa shape index (κ2) is 7.14. The molecule has 0 aliphatic rings. The maximum atomic E-state index is 12.1. The maximum absolute atomic E-state index is 12.1. The van der Waals surface area contributed by atoms with Gasteiger partial charge in [-0.3, -0.25) is 9.48 Å². The van der Waals surface area contributed by atoms with Gasteiger partial charge in [-0.25, -0.2) is 4.98 Å². The molecule has 2 aromatic heterocycles. The average molecular weight is 291 g/mol. The van der Waals surface area contributed by atoms with Gasteiger partial charge in [0.25, 0.3) is 5.91 Å². The number of nitrogens with one attached hydrogen (secondary N) is 2. The Balaban J connectivity index is 1.92. The number of carbonyl (C=O) groups is 1. The van der Waals surface area contributed by atoms with E-state index in [-0.39, 0.29) is 5.91 Å². The first-order valence-electron chi connectivity index (χ1n) is 6.90. The van der Waals surface area contributed by atoms with Crippen LogP contribution in [0.4, 0.5) is 0 Å². The van der Waals surface area contributed by atoms with Crippen molar-refractivity contribution in [3.63, 3.8) is 0 Å². The number of amides is 1. The molecule has 0 fully saturated rings. The summed E-state index contributed by atoms with van der Waals surface area (Å²) in [4.78, 5) is 16.4. The fourth-order valence-electron chi connectivity index (χ4n) is 2.10. The van der Waals surface area contributed by atoms with Crippen LogP contribution in [-0.4, -0.2) is 54.0 Å². The molecule has 0 bridgehead atoms. The Morgan fingerprint density at radius 2 is 2.19 bits per heavy atom. The summed E-state index contributed by atoms with van der Waals surface area (Å²) in [6, 6.07) is 1.83. The first-order valence-corrected chi connectivity index (χ1v) is 6.90. The first-order chi connectivity index (χ1) is 10.1. The van der Waals surface area contributed by atoms with Crippen molar-refractivity contribution >= 4 is 16.9 Å². The number of aryl methyl sites for hydroxylation is 2. The van der Waals surface area contributed by atoms with Crippen LogP contribution in [0.2, 0.25) is 0 Å². The molecule has 21 heavy (non-hydrogen) atoms. The van der Waals surface area contributed by atoms with E-state index in [2.05, 4.69) is 20.7 Å². The van der Waals surface area contributed by atoms with Gasteiger partial charge in [-0.05, 0) is 13.0 Å². The number of fused-ring (bicyclic) bond motifs is 1. The summed E-state index contributed by atoms with van der Waals surface area (Å²) >= 11 is 0. The van der Waals surface area contributed by atoms with Crippen molar-refractivity contribution in [3.8, 4) is 0 Å². The zero-order valence-electron chi connectivity index (χ0n) is 12.6. The highest BCUT2D eigenvalue weighted by molar-refractivity contribution is 5.97. The summed E-state index contributed by atoms with van der Waals surface area (Å²) in [7, 11) is 3.50. The lowest BCUT2D eigenvalue weighted by atomic mass is 10.2.